The maximum atomic E-state index is 13.0. The molecule has 0 spiro atoms. The van der Waals surface area contributed by atoms with Crippen LogP contribution in [0.3, 0.4) is 0 Å². The summed E-state index contributed by atoms with van der Waals surface area (Å²) in [6.45, 7) is 3.35. The Bertz CT molecular complexity index is 339. The molecular formula is C9H9F2NO. The molecule has 0 aliphatic rings. The fourth-order valence-corrected chi connectivity index (χ4v) is 0.939. The summed E-state index contributed by atoms with van der Waals surface area (Å²) < 4.78 is 25.8. The number of hydrogen-bond acceptors (Lipinski definition) is 2. The zero-order valence-corrected chi connectivity index (χ0v) is 6.80. The van der Waals surface area contributed by atoms with Crippen LogP contribution in [-0.4, -0.2) is 5.11 Å². The highest BCUT2D eigenvalue weighted by Gasteiger charge is 2.15. The van der Waals surface area contributed by atoms with Gasteiger partial charge < -0.3 is 10.8 Å². The molecule has 2 nitrogen and oxygen atoms in total. The van der Waals surface area contributed by atoms with Crippen molar-refractivity contribution >= 4 is 0 Å². The van der Waals surface area contributed by atoms with E-state index in [1.165, 1.54) is 12.1 Å². The third kappa shape index (κ3) is 1.67. The summed E-state index contributed by atoms with van der Waals surface area (Å²) in [7, 11) is 0. The molecule has 0 aliphatic heterocycles. The van der Waals surface area contributed by atoms with Gasteiger partial charge in [0.25, 0.3) is 0 Å². The van der Waals surface area contributed by atoms with Crippen molar-refractivity contribution in [3.05, 3.63) is 42.0 Å². The molecule has 0 bridgehead atoms. The van der Waals surface area contributed by atoms with E-state index in [9.17, 15) is 8.78 Å². The molecular weight excluding hydrogens is 176 g/mol. The molecule has 0 aliphatic carbocycles. The van der Waals surface area contributed by atoms with Crippen molar-refractivity contribution in [1.29, 1.82) is 0 Å². The highest BCUT2D eigenvalue weighted by molar-refractivity contribution is 5.32. The summed E-state index contributed by atoms with van der Waals surface area (Å²) in [5, 5.41) is 8.80. The molecule has 1 atom stereocenters. The molecule has 1 aromatic carbocycles. The Balaban J connectivity index is 3.25. The van der Waals surface area contributed by atoms with Gasteiger partial charge in [-0.2, -0.15) is 4.39 Å². The Morgan fingerprint density at radius 2 is 2.00 bits per heavy atom. The van der Waals surface area contributed by atoms with Crippen LogP contribution in [0.4, 0.5) is 8.78 Å². The number of phenolic OH excluding ortho intramolecular Hbond substituents is 1. The maximum absolute atomic E-state index is 13.0. The van der Waals surface area contributed by atoms with E-state index in [4.69, 9.17) is 10.8 Å². The fourth-order valence-electron chi connectivity index (χ4n) is 0.939. The first kappa shape index (κ1) is 9.67. The molecule has 13 heavy (non-hydrogen) atoms. The predicted octanol–water partition coefficient (Wildman–Crippen LogP) is 1.86. The minimum atomic E-state index is -1.28. The van der Waals surface area contributed by atoms with Crippen LogP contribution in [0.1, 0.15) is 11.6 Å². The van der Waals surface area contributed by atoms with Crippen molar-refractivity contribution in [1.82, 2.24) is 0 Å². The normalized spacial score (nSPS) is 12.5. The van der Waals surface area contributed by atoms with Crippen molar-refractivity contribution in [2.45, 2.75) is 6.04 Å². The number of phenols is 1. The molecule has 0 radical (unpaired) electrons. The van der Waals surface area contributed by atoms with Gasteiger partial charge in [-0.25, -0.2) is 4.39 Å². The van der Waals surface area contributed by atoms with Gasteiger partial charge in [0.2, 0.25) is 5.82 Å². The quantitative estimate of drug-likeness (QED) is 0.691. The lowest BCUT2D eigenvalue weighted by molar-refractivity contribution is 0.403. The van der Waals surface area contributed by atoms with Gasteiger partial charge in [-0.1, -0.05) is 12.1 Å². The van der Waals surface area contributed by atoms with E-state index in [1.807, 2.05) is 0 Å². The van der Waals surface area contributed by atoms with Crippen LogP contribution in [0.15, 0.2) is 24.8 Å². The SMILES string of the molecule is C=C[C@@H](N)c1ccc(O)c(F)c1F. The van der Waals surface area contributed by atoms with E-state index in [0.717, 1.165) is 6.07 Å². The summed E-state index contributed by atoms with van der Waals surface area (Å²) in [5.41, 5.74) is 5.38. The maximum Gasteiger partial charge on any atom is 0.200 e. The average Bonchev–Trinajstić information content (AvgIpc) is 2.13. The van der Waals surface area contributed by atoms with E-state index >= 15 is 0 Å². The fraction of sp³-hybridized carbons (Fsp3) is 0.111. The van der Waals surface area contributed by atoms with Crippen molar-refractivity contribution in [2.75, 3.05) is 0 Å². The molecule has 1 aromatic rings. The van der Waals surface area contributed by atoms with Gasteiger partial charge in [-0.15, -0.1) is 6.58 Å². The summed E-state index contributed by atoms with van der Waals surface area (Å²) in [4.78, 5) is 0. The second-order valence-electron chi connectivity index (χ2n) is 2.56. The van der Waals surface area contributed by atoms with Crippen LogP contribution in [0, 0.1) is 11.6 Å². The Morgan fingerprint density at radius 1 is 1.38 bits per heavy atom. The van der Waals surface area contributed by atoms with Gasteiger partial charge in [0.05, 0.1) is 6.04 Å². The Kier molecular flexibility index (Phi) is 2.63. The zero-order valence-electron chi connectivity index (χ0n) is 6.80. The molecule has 0 aromatic heterocycles. The molecule has 0 unspecified atom stereocenters. The molecule has 0 fully saturated rings. The molecule has 1 rings (SSSR count). The Morgan fingerprint density at radius 3 is 2.54 bits per heavy atom. The van der Waals surface area contributed by atoms with Crippen LogP contribution >= 0.6 is 0 Å². The molecule has 3 N–H and O–H groups in total. The lowest BCUT2D eigenvalue weighted by atomic mass is 10.1. The van der Waals surface area contributed by atoms with E-state index in [1.54, 1.807) is 0 Å². The van der Waals surface area contributed by atoms with E-state index < -0.39 is 23.4 Å². The first-order chi connectivity index (χ1) is 6.07. The van der Waals surface area contributed by atoms with Crippen LogP contribution in [0.5, 0.6) is 5.75 Å². The van der Waals surface area contributed by atoms with Crippen molar-refractivity contribution in [2.24, 2.45) is 5.73 Å². The third-order valence-electron chi connectivity index (χ3n) is 1.70. The minimum Gasteiger partial charge on any atom is -0.505 e. The second kappa shape index (κ2) is 3.53. The van der Waals surface area contributed by atoms with E-state index in [2.05, 4.69) is 6.58 Å². The number of benzene rings is 1. The highest BCUT2D eigenvalue weighted by Crippen LogP contribution is 2.24. The van der Waals surface area contributed by atoms with Gasteiger partial charge >= 0.3 is 0 Å². The summed E-state index contributed by atoms with van der Waals surface area (Å²) >= 11 is 0. The predicted molar refractivity (Wildman–Crippen MR) is 45.1 cm³/mol. The van der Waals surface area contributed by atoms with Crippen LogP contribution in [0.2, 0.25) is 0 Å². The van der Waals surface area contributed by atoms with Crippen LogP contribution in [-0.2, 0) is 0 Å². The van der Waals surface area contributed by atoms with E-state index in [0.29, 0.717) is 0 Å². The average molecular weight is 185 g/mol. The molecule has 0 saturated carbocycles. The lowest BCUT2D eigenvalue weighted by Crippen LogP contribution is -2.09. The minimum absolute atomic E-state index is 0.0229. The molecule has 70 valence electrons. The van der Waals surface area contributed by atoms with Crippen molar-refractivity contribution in [3.63, 3.8) is 0 Å². The van der Waals surface area contributed by atoms with Gasteiger partial charge in [0, 0.05) is 5.56 Å². The summed E-state index contributed by atoms with van der Waals surface area (Å²) in [6.07, 6.45) is 1.29. The van der Waals surface area contributed by atoms with E-state index in [-0.39, 0.29) is 5.56 Å². The van der Waals surface area contributed by atoms with Crippen molar-refractivity contribution in [3.8, 4) is 5.75 Å². The topological polar surface area (TPSA) is 46.2 Å². The summed E-state index contributed by atoms with van der Waals surface area (Å²) in [6, 6.07) is 1.51. The lowest BCUT2D eigenvalue weighted by Gasteiger charge is -2.08. The summed E-state index contributed by atoms with van der Waals surface area (Å²) in [5.74, 6) is -3.14. The van der Waals surface area contributed by atoms with Crippen LogP contribution < -0.4 is 5.73 Å². The zero-order chi connectivity index (χ0) is 10.0. The Labute approximate surface area is 74.3 Å². The van der Waals surface area contributed by atoms with Crippen molar-refractivity contribution < 1.29 is 13.9 Å². The third-order valence-corrected chi connectivity index (χ3v) is 1.70. The highest BCUT2D eigenvalue weighted by atomic mass is 19.2. The number of hydrogen-bond donors (Lipinski definition) is 2. The smallest absolute Gasteiger partial charge is 0.200 e. The number of aromatic hydroxyl groups is 1. The second-order valence-corrected chi connectivity index (χ2v) is 2.56. The molecule has 0 saturated heterocycles. The van der Waals surface area contributed by atoms with Crippen LogP contribution in [0.25, 0.3) is 0 Å². The first-order valence-corrected chi connectivity index (χ1v) is 3.63. The molecule has 0 amide bonds. The molecule has 0 heterocycles. The monoisotopic (exact) mass is 185 g/mol. The Hall–Kier alpha value is -1.42. The number of halogens is 2. The van der Waals surface area contributed by atoms with Gasteiger partial charge in [0.1, 0.15) is 0 Å². The van der Waals surface area contributed by atoms with Gasteiger partial charge in [-0.05, 0) is 6.07 Å². The molecule has 4 heteroatoms. The van der Waals surface area contributed by atoms with Gasteiger partial charge in [0.15, 0.2) is 11.6 Å². The first-order valence-electron chi connectivity index (χ1n) is 3.63. The number of rotatable bonds is 2. The largest absolute Gasteiger partial charge is 0.505 e. The van der Waals surface area contributed by atoms with Gasteiger partial charge in [-0.3, -0.25) is 0 Å². The standard InChI is InChI=1S/C9H9F2NO/c1-2-6(12)5-3-4-7(13)9(11)8(5)10/h2-4,6,13H,1,12H2/t6-/m1/s1. The number of nitrogens with two attached hydrogens (primary N) is 1.